The van der Waals surface area contributed by atoms with Crippen molar-refractivity contribution in [3.8, 4) is 0 Å². The fraction of sp³-hybridized carbons (Fsp3) is 0.733. The van der Waals surface area contributed by atoms with Crippen LogP contribution in [0.1, 0.15) is 52.9 Å². The fourth-order valence-corrected chi connectivity index (χ4v) is 2.34. The van der Waals surface area contributed by atoms with Gasteiger partial charge in [-0.3, -0.25) is 0 Å². The predicted molar refractivity (Wildman–Crippen MR) is 73.3 cm³/mol. The maximum atomic E-state index is 10.6. The third-order valence-corrected chi connectivity index (χ3v) is 4.10. The van der Waals surface area contributed by atoms with Gasteiger partial charge in [-0.1, -0.05) is 23.3 Å². The molecular formula is C15H26O3. The zero-order chi connectivity index (χ0) is 13.8. The van der Waals surface area contributed by atoms with Crippen LogP contribution in [0.5, 0.6) is 0 Å². The molecule has 0 heterocycles. The van der Waals surface area contributed by atoms with Gasteiger partial charge in [0.2, 0.25) is 0 Å². The summed E-state index contributed by atoms with van der Waals surface area (Å²) < 4.78 is 0. The molecule has 3 heteroatoms. The maximum Gasteiger partial charge on any atom is 0.0968 e. The summed E-state index contributed by atoms with van der Waals surface area (Å²) in [5.74, 6) is 0. The van der Waals surface area contributed by atoms with E-state index in [0.717, 1.165) is 12.0 Å². The molecule has 0 saturated carbocycles. The number of hydrogen-bond donors (Lipinski definition) is 3. The largest absolute Gasteiger partial charge is 0.392 e. The lowest BCUT2D eigenvalue weighted by Crippen LogP contribution is -2.52. The van der Waals surface area contributed by atoms with E-state index >= 15 is 0 Å². The average molecular weight is 254 g/mol. The lowest BCUT2D eigenvalue weighted by Gasteiger charge is -2.43. The normalized spacial score (nSPS) is 28.8. The molecule has 0 unspecified atom stereocenters. The van der Waals surface area contributed by atoms with Crippen molar-refractivity contribution in [2.45, 2.75) is 64.1 Å². The Bertz CT molecular complexity index is 342. The molecule has 0 aromatic heterocycles. The van der Waals surface area contributed by atoms with Gasteiger partial charge in [0.05, 0.1) is 17.8 Å². The van der Waals surface area contributed by atoms with Gasteiger partial charge in [0.25, 0.3) is 0 Å². The summed E-state index contributed by atoms with van der Waals surface area (Å²) in [5, 5.41) is 30.0. The van der Waals surface area contributed by atoms with E-state index in [9.17, 15) is 10.2 Å². The summed E-state index contributed by atoms with van der Waals surface area (Å²) in [6.07, 6.45) is 7.10. The summed E-state index contributed by atoms with van der Waals surface area (Å²) in [5.41, 5.74) is 0.0767. The molecule has 1 aliphatic rings. The zero-order valence-electron chi connectivity index (χ0n) is 11.7. The van der Waals surface area contributed by atoms with E-state index < -0.39 is 11.2 Å². The highest BCUT2D eigenvalue weighted by atomic mass is 16.4. The van der Waals surface area contributed by atoms with Crippen molar-refractivity contribution in [2.24, 2.45) is 0 Å². The molecule has 18 heavy (non-hydrogen) atoms. The molecule has 0 saturated heterocycles. The van der Waals surface area contributed by atoms with Gasteiger partial charge in [0.15, 0.2) is 0 Å². The van der Waals surface area contributed by atoms with Gasteiger partial charge in [-0.2, -0.15) is 0 Å². The molecule has 0 amide bonds. The van der Waals surface area contributed by atoms with Gasteiger partial charge >= 0.3 is 0 Å². The van der Waals surface area contributed by atoms with Crippen molar-refractivity contribution < 1.29 is 15.3 Å². The molecule has 104 valence electrons. The van der Waals surface area contributed by atoms with Gasteiger partial charge in [-0.05, 0) is 52.9 Å². The average Bonchev–Trinajstić information content (AvgIpc) is 2.32. The second-order valence-electron chi connectivity index (χ2n) is 5.81. The first-order chi connectivity index (χ1) is 8.31. The van der Waals surface area contributed by atoms with Crippen molar-refractivity contribution in [3.63, 3.8) is 0 Å². The number of hydrogen-bond acceptors (Lipinski definition) is 3. The lowest BCUT2D eigenvalue weighted by atomic mass is 9.72. The molecule has 1 rings (SSSR count). The van der Waals surface area contributed by atoms with Crippen LogP contribution in [0.15, 0.2) is 23.3 Å². The Morgan fingerprint density at radius 2 is 2.22 bits per heavy atom. The molecule has 0 aliphatic heterocycles. The summed E-state index contributed by atoms with van der Waals surface area (Å²) in [6.45, 7) is 5.68. The molecule has 3 nitrogen and oxygen atoms in total. The van der Waals surface area contributed by atoms with Crippen molar-refractivity contribution in [2.75, 3.05) is 6.61 Å². The highest BCUT2D eigenvalue weighted by Crippen LogP contribution is 2.38. The Balaban J connectivity index is 2.63. The Hall–Kier alpha value is -0.640. The fourth-order valence-electron chi connectivity index (χ4n) is 2.34. The van der Waals surface area contributed by atoms with Crippen LogP contribution in [-0.2, 0) is 0 Å². The summed E-state index contributed by atoms with van der Waals surface area (Å²) in [7, 11) is 0. The van der Waals surface area contributed by atoms with Crippen LogP contribution in [0.25, 0.3) is 0 Å². The second-order valence-corrected chi connectivity index (χ2v) is 5.81. The molecule has 3 N–H and O–H groups in total. The van der Waals surface area contributed by atoms with Crippen LogP contribution >= 0.6 is 0 Å². The van der Waals surface area contributed by atoms with Gasteiger partial charge in [0.1, 0.15) is 0 Å². The first kappa shape index (κ1) is 15.4. The van der Waals surface area contributed by atoms with Crippen molar-refractivity contribution in [1.29, 1.82) is 0 Å². The highest BCUT2D eigenvalue weighted by Gasteiger charge is 2.44. The van der Waals surface area contributed by atoms with Gasteiger partial charge < -0.3 is 15.3 Å². The van der Waals surface area contributed by atoms with E-state index in [0.29, 0.717) is 25.7 Å². The summed E-state index contributed by atoms with van der Waals surface area (Å²) in [6, 6.07) is 0. The minimum absolute atomic E-state index is 0.0499. The number of rotatable bonds is 5. The van der Waals surface area contributed by atoms with Crippen LogP contribution in [0.3, 0.4) is 0 Å². The maximum absolute atomic E-state index is 10.6. The minimum Gasteiger partial charge on any atom is -0.392 e. The van der Waals surface area contributed by atoms with Gasteiger partial charge in [-0.25, -0.2) is 0 Å². The van der Waals surface area contributed by atoms with Gasteiger partial charge in [0, 0.05) is 0 Å². The third kappa shape index (κ3) is 3.67. The van der Waals surface area contributed by atoms with E-state index in [2.05, 4.69) is 6.92 Å². The zero-order valence-corrected chi connectivity index (χ0v) is 11.7. The number of allylic oxidation sites excluding steroid dienone is 2. The summed E-state index contributed by atoms with van der Waals surface area (Å²) >= 11 is 0. The smallest absolute Gasteiger partial charge is 0.0968 e. The molecule has 0 spiro atoms. The van der Waals surface area contributed by atoms with Crippen LogP contribution < -0.4 is 0 Å². The van der Waals surface area contributed by atoms with E-state index in [-0.39, 0.29) is 6.61 Å². The van der Waals surface area contributed by atoms with E-state index in [1.807, 2.05) is 19.1 Å². The number of aliphatic hydroxyl groups excluding tert-OH is 1. The van der Waals surface area contributed by atoms with E-state index in [1.54, 1.807) is 6.92 Å². The molecule has 0 aromatic carbocycles. The van der Waals surface area contributed by atoms with Crippen molar-refractivity contribution >= 4 is 0 Å². The van der Waals surface area contributed by atoms with Crippen molar-refractivity contribution in [3.05, 3.63) is 23.3 Å². The van der Waals surface area contributed by atoms with Crippen LogP contribution in [-0.4, -0.2) is 33.1 Å². The topological polar surface area (TPSA) is 60.7 Å². The first-order valence-electron chi connectivity index (χ1n) is 6.68. The summed E-state index contributed by atoms with van der Waals surface area (Å²) in [4.78, 5) is 0. The Kier molecular flexibility index (Phi) is 5.14. The monoisotopic (exact) mass is 254 g/mol. The molecule has 2 atom stereocenters. The molecule has 0 aromatic rings. The van der Waals surface area contributed by atoms with Crippen molar-refractivity contribution in [1.82, 2.24) is 0 Å². The Morgan fingerprint density at radius 1 is 1.56 bits per heavy atom. The number of aliphatic hydroxyl groups is 3. The SMILES string of the molecule is CC1=CC[C@](O)([C@@](C)(O)CC/C=C(/C)CO)CC1. The molecule has 0 radical (unpaired) electrons. The lowest BCUT2D eigenvalue weighted by molar-refractivity contribution is -0.149. The molecule has 1 aliphatic carbocycles. The highest BCUT2D eigenvalue weighted by molar-refractivity contribution is 5.13. The van der Waals surface area contributed by atoms with Crippen LogP contribution in [0.2, 0.25) is 0 Å². The van der Waals surface area contributed by atoms with Gasteiger partial charge in [-0.15, -0.1) is 0 Å². The standard InChI is InChI=1S/C15H26O3/c1-12-6-9-15(18,10-7-12)14(3,17)8-4-5-13(2)11-16/h5-6,16-18H,4,7-11H2,1-3H3/b13-5-/t14-,15+/m0/s1. The minimum atomic E-state index is -1.09. The van der Waals surface area contributed by atoms with Crippen LogP contribution in [0.4, 0.5) is 0 Å². The predicted octanol–water partition coefficient (Wildman–Crippen LogP) is 2.32. The van der Waals surface area contributed by atoms with E-state index in [4.69, 9.17) is 5.11 Å². The molecule has 0 bridgehead atoms. The first-order valence-corrected chi connectivity index (χ1v) is 6.68. The third-order valence-electron chi connectivity index (χ3n) is 4.10. The Morgan fingerprint density at radius 3 is 2.72 bits per heavy atom. The quantitative estimate of drug-likeness (QED) is 0.660. The second kappa shape index (κ2) is 6.00. The molecule has 0 fully saturated rings. The Labute approximate surface area is 110 Å². The van der Waals surface area contributed by atoms with Crippen LogP contribution in [0, 0.1) is 0 Å². The van der Waals surface area contributed by atoms with E-state index in [1.165, 1.54) is 5.57 Å². The molecular weight excluding hydrogens is 228 g/mol.